The lowest BCUT2D eigenvalue weighted by atomic mass is 10.0. The van der Waals surface area contributed by atoms with E-state index in [0.29, 0.717) is 18.9 Å². The van der Waals surface area contributed by atoms with E-state index in [1.54, 1.807) is 7.05 Å². The van der Waals surface area contributed by atoms with Gasteiger partial charge in [0.1, 0.15) is 0 Å². The Morgan fingerprint density at radius 3 is 2.60 bits per heavy atom. The van der Waals surface area contributed by atoms with Gasteiger partial charge in [-0.3, -0.25) is 4.79 Å². The van der Waals surface area contributed by atoms with Gasteiger partial charge in [0.25, 0.3) is 0 Å². The number of benzene rings is 1. The second-order valence-corrected chi connectivity index (χ2v) is 5.40. The van der Waals surface area contributed by atoms with Gasteiger partial charge in [0.05, 0.1) is 6.42 Å². The monoisotopic (exact) mass is 284 g/mol. The summed E-state index contributed by atoms with van der Waals surface area (Å²) in [6.07, 6.45) is 0.544. The van der Waals surface area contributed by atoms with E-state index in [-0.39, 0.29) is 23.9 Å². The van der Waals surface area contributed by atoms with E-state index < -0.39 is 11.6 Å². The minimum absolute atomic E-state index is 0.0242. The largest absolute Gasteiger partial charge is 0.345 e. The molecular weight excluding hydrogens is 262 g/mol. The van der Waals surface area contributed by atoms with Crippen LogP contribution in [-0.2, 0) is 11.2 Å². The van der Waals surface area contributed by atoms with Crippen LogP contribution in [0.3, 0.4) is 0 Å². The maximum atomic E-state index is 13.5. The maximum Gasteiger partial charge on any atom is 0.226 e. The summed E-state index contributed by atoms with van der Waals surface area (Å²) in [6.45, 7) is 4.55. The fourth-order valence-corrected chi connectivity index (χ4v) is 1.78. The molecule has 20 heavy (non-hydrogen) atoms. The van der Waals surface area contributed by atoms with E-state index in [1.807, 2.05) is 13.8 Å². The molecule has 112 valence electrons. The zero-order chi connectivity index (χ0) is 15.3. The molecule has 0 bridgehead atoms. The van der Waals surface area contributed by atoms with Gasteiger partial charge in [-0.15, -0.1) is 0 Å². The molecule has 0 spiro atoms. The lowest BCUT2D eigenvalue weighted by Crippen LogP contribution is -2.35. The Morgan fingerprint density at radius 2 is 2.00 bits per heavy atom. The molecule has 0 saturated carbocycles. The third-order valence-electron chi connectivity index (χ3n) is 3.45. The van der Waals surface area contributed by atoms with Gasteiger partial charge in [0, 0.05) is 25.2 Å². The number of carbonyl (C=O) groups excluding carboxylic acids is 1. The molecule has 5 heteroatoms. The van der Waals surface area contributed by atoms with Crippen molar-refractivity contribution in [1.29, 1.82) is 0 Å². The summed E-state index contributed by atoms with van der Waals surface area (Å²) in [4.78, 5) is 13.5. The highest BCUT2D eigenvalue weighted by Gasteiger charge is 2.16. The average Bonchev–Trinajstić information content (AvgIpc) is 2.40. The molecular formula is C15H22F2N2O. The normalized spacial score (nSPS) is 12.6. The molecule has 1 aromatic rings. The molecule has 2 N–H and O–H groups in total. The van der Waals surface area contributed by atoms with Crippen LogP contribution in [0.4, 0.5) is 8.78 Å². The number of hydrogen-bond donors (Lipinski definition) is 1. The van der Waals surface area contributed by atoms with Gasteiger partial charge in [0.15, 0.2) is 11.6 Å². The zero-order valence-corrected chi connectivity index (χ0v) is 12.2. The van der Waals surface area contributed by atoms with Crippen LogP contribution in [0.1, 0.15) is 25.8 Å². The molecule has 0 heterocycles. The number of hydrogen-bond acceptors (Lipinski definition) is 2. The van der Waals surface area contributed by atoms with Crippen molar-refractivity contribution >= 4 is 5.91 Å². The number of halogens is 2. The van der Waals surface area contributed by atoms with Crippen LogP contribution < -0.4 is 5.73 Å². The first-order valence-corrected chi connectivity index (χ1v) is 6.75. The van der Waals surface area contributed by atoms with Gasteiger partial charge >= 0.3 is 0 Å². The van der Waals surface area contributed by atoms with Crippen molar-refractivity contribution in [3.63, 3.8) is 0 Å². The van der Waals surface area contributed by atoms with Gasteiger partial charge < -0.3 is 10.6 Å². The van der Waals surface area contributed by atoms with E-state index in [4.69, 9.17) is 5.73 Å². The number of nitrogens with zero attached hydrogens (tertiary/aromatic N) is 1. The van der Waals surface area contributed by atoms with E-state index in [9.17, 15) is 13.6 Å². The summed E-state index contributed by atoms with van der Waals surface area (Å²) < 4.78 is 26.5. The molecule has 0 radical (unpaired) electrons. The lowest BCUT2D eigenvalue weighted by Gasteiger charge is -2.21. The van der Waals surface area contributed by atoms with E-state index in [1.165, 1.54) is 17.0 Å². The van der Waals surface area contributed by atoms with Crippen molar-refractivity contribution < 1.29 is 13.6 Å². The SMILES string of the molecule is CC(C)C(N)CCN(C)C(=O)Cc1cccc(F)c1F. The predicted molar refractivity (Wildman–Crippen MR) is 75.1 cm³/mol. The van der Waals surface area contributed by atoms with E-state index >= 15 is 0 Å². The molecule has 0 aromatic heterocycles. The van der Waals surface area contributed by atoms with Gasteiger partial charge in [-0.05, 0) is 18.4 Å². The molecule has 1 aromatic carbocycles. The standard InChI is InChI=1S/C15H22F2N2O/c1-10(2)13(18)7-8-19(3)14(20)9-11-5-4-6-12(16)15(11)17/h4-6,10,13H,7-9,18H2,1-3H3. The lowest BCUT2D eigenvalue weighted by molar-refractivity contribution is -0.129. The van der Waals surface area contributed by atoms with Crippen LogP contribution in [0.2, 0.25) is 0 Å². The minimum atomic E-state index is -0.951. The minimum Gasteiger partial charge on any atom is -0.345 e. The second-order valence-electron chi connectivity index (χ2n) is 5.40. The third-order valence-corrected chi connectivity index (χ3v) is 3.45. The molecule has 0 saturated heterocycles. The molecule has 0 aliphatic carbocycles. The summed E-state index contributed by atoms with van der Waals surface area (Å²) in [5.41, 5.74) is 5.99. The zero-order valence-electron chi connectivity index (χ0n) is 12.2. The first-order valence-electron chi connectivity index (χ1n) is 6.75. The van der Waals surface area contributed by atoms with Crippen molar-refractivity contribution in [2.24, 2.45) is 11.7 Å². The number of amides is 1. The summed E-state index contributed by atoms with van der Waals surface area (Å²) in [5, 5.41) is 0. The Bertz CT molecular complexity index is 463. The predicted octanol–water partition coefficient (Wildman–Crippen LogP) is 2.34. The fraction of sp³-hybridized carbons (Fsp3) is 0.533. The molecule has 1 rings (SSSR count). The van der Waals surface area contributed by atoms with Crippen molar-refractivity contribution in [3.05, 3.63) is 35.4 Å². The third kappa shape index (κ3) is 4.56. The van der Waals surface area contributed by atoms with Gasteiger partial charge in [-0.25, -0.2) is 8.78 Å². The molecule has 0 fully saturated rings. The van der Waals surface area contributed by atoms with Crippen molar-refractivity contribution in [2.75, 3.05) is 13.6 Å². The second kappa shape index (κ2) is 7.33. The van der Waals surface area contributed by atoms with Gasteiger partial charge in [0.2, 0.25) is 5.91 Å². The summed E-state index contributed by atoms with van der Waals surface area (Å²) >= 11 is 0. The van der Waals surface area contributed by atoms with Crippen LogP contribution in [0.25, 0.3) is 0 Å². The molecule has 0 aliphatic heterocycles. The molecule has 1 atom stereocenters. The van der Waals surface area contributed by atoms with Gasteiger partial charge in [-0.1, -0.05) is 26.0 Å². The van der Waals surface area contributed by atoms with Crippen LogP contribution in [-0.4, -0.2) is 30.4 Å². The number of carbonyl (C=O) groups is 1. The molecule has 3 nitrogen and oxygen atoms in total. The van der Waals surface area contributed by atoms with Crippen molar-refractivity contribution in [2.45, 2.75) is 32.7 Å². The number of nitrogens with two attached hydrogens (primary N) is 1. The Morgan fingerprint density at radius 1 is 1.35 bits per heavy atom. The molecule has 1 unspecified atom stereocenters. The Balaban J connectivity index is 2.56. The Labute approximate surface area is 118 Å². The first-order chi connectivity index (χ1) is 9.32. The number of likely N-dealkylation sites (N-methyl/N-ethyl adjacent to an activating group) is 1. The average molecular weight is 284 g/mol. The highest BCUT2D eigenvalue weighted by molar-refractivity contribution is 5.78. The van der Waals surface area contributed by atoms with Crippen LogP contribution in [0.15, 0.2) is 18.2 Å². The van der Waals surface area contributed by atoms with Gasteiger partial charge in [-0.2, -0.15) is 0 Å². The van der Waals surface area contributed by atoms with Crippen LogP contribution >= 0.6 is 0 Å². The first kappa shape index (κ1) is 16.6. The fourth-order valence-electron chi connectivity index (χ4n) is 1.78. The maximum absolute atomic E-state index is 13.5. The van der Waals surface area contributed by atoms with E-state index in [2.05, 4.69) is 0 Å². The van der Waals surface area contributed by atoms with E-state index in [0.717, 1.165) is 6.07 Å². The Hall–Kier alpha value is -1.49. The summed E-state index contributed by atoms with van der Waals surface area (Å²) in [7, 11) is 1.65. The van der Waals surface area contributed by atoms with Crippen LogP contribution in [0.5, 0.6) is 0 Å². The summed E-state index contributed by atoms with van der Waals surface area (Å²) in [5.74, 6) is -1.78. The molecule has 1 amide bonds. The Kier molecular flexibility index (Phi) is 6.07. The van der Waals surface area contributed by atoms with Crippen LogP contribution in [0, 0.1) is 17.6 Å². The summed E-state index contributed by atoms with van der Waals surface area (Å²) in [6, 6.07) is 3.88. The van der Waals surface area contributed by atoms with Crippen molar-refractivity contribution in [1.82, 2.24) is 4.90 Å². The quantitative estimate of drug-likeness (QED) is 0.871. The topological polar surface area (TPSA) is 46.3 Å². The number of rotatable bonds is 6. The van der Waals surface area contributed by atoms with Crippen molar-refractivity contribution in [3.8, 4) is 0 Å². The smallest absolute Gasteiger partial charge is 0.226 e. The highest BCUT2D eigenvalue weighted by Crippen LogP contribution is 2.13. The highest BCUT2D eigenvalue weighted by atomic mass is 19.2. The molecule has 0 aliphatic rings.